The van der Waals surface area contributed by atoms with E-state index in [0.717, 1.165) is 5.56 Å². The molecule has 0 saturated heterocycles. The highest BCUT2D eigenvalue weighted by molar-refractivity contribution is 6.31. The molecule has 2 rings (SSSR count). The van der Waals surface area contributed by atoms with Crippen LogP contribution in [-0.2, 0) is 11.2 Å². The third kappa shape index (κ3) is 3.89. The minimum atomic E-state index is -0.145. The van der Waals surface area contributed by atoms with Crippen molar-refractivity contribution in [2.24, 2.45) is 0 Å². The van der Waals surface area contributed by atoms with E-state index in [2.05, 4.69) is 5.32 Å². The van der Waals surface area contributed by atoms with Crippen molar-refractivity contribution in [3.8, 4) is 5.75 Å². The molecule has 0 aliphatic heterocycles. The molecule has 0 aliphatic carbocycles. The lowest BCUT2D eigenvalue weighted by Crippen LogP contribution is -2.14. The molecule has 0 fully saturated rings. The van der Waals surface area contributed by atoms with Gasteiger partial charge in [0.2, 0.25) is 5.91 Å². The maximum Gasteiger partial charge on any atom is 0.228 e. The Morgan fingerprint density at radius 2 is 1.75 bits per heavy atom. The second kappa shape index (κ2) is 6.64. The van der Waals surface area contributed by atoms with Crippen molar-refractivity contribution in [3.05, 3.63) is 58.1 Å². The summed E-state index contributed by atoms with van der Waals surface area (Å²) in [5.41, 5.74) is 1.44. The topological polar surface area (TPSA) is 38.3 Å². The Labute approximate surface area is 127 Å². The number of methoxy groups -OCH3 is 1. The van der Waals surface area contributed by atoms with E-state index in [4.69, 9.17) is 27.9 Å². The summed E-state index contributed by atoms with van der Waals surface area (Å²) in [5, 5.41) is 3.99. The molecule has 0 atom stereocenters. The van der Waals surface area contributed by atoms with E-state index in [1.807, 2.05) is 0 Å². The van der Waals surface area contributed by atoms with Gasteiger partial charge in [-0.25, -0.2) is 0 Å². The summed E-state index contributed by atoms with van der Waals surface area (Å²) in [6, 6.07) is 12.1. The maximum atomic E-state index is 12.0. The molecule has 104 valence electrons. The smallest absolute Gasteiger partial charge is 0.228 e. The zero-order valence-electron chi connectivity index (χ0n) is 10.8. The Hall–Kier alpha value is -1.71. The Kier molecular flexibility index (Phi) is 4.88. The third-order valence-corrected chi connectivity index (χ3v) is 3.21. The highest BCUT2D eigenvalue weighted by Gasteiger charge is 2.09. The average molecular weight is 310 g/mol. The summed E-state index contributed by atoms with van der Waals surface area (Å²) in [6.45, 7) is 0. The van der Waals surface area contributed by atoms with Gasteiger partial charge in [-0.15, -0.1) is 0 Å². The van der Waals surface area contributed by atoms with E-state index >= 15 is 0 Å². The number of halogens is 2. The minimum absolute atomic E-state index is 0.145. The van der Waals surface area contributed by atoms with Gasteiger partial charge in [-0.2, -0.15) is 0 Å². The minimum Gasteiger partial charge on any atom is -0.496 e. The number of hydrogen-bond donors (Lipinski definition) is 1. The summed E-state index contributed by atoms with van der Waals surface area (Å²) in [6.07, 6.45) is 0.187. The van der Waals surface area contributed by atoms with Crippen LogP contribution in [0.5, 0.6) is 5.75 Å². The summed E-state index contributed by atoms with van der Waals surface area (Å²) >= 11 is 11.7. The molecule has 3 nitrogen and oxygen atoms in total. The fraction of sp³-hybridized carbons (Fsp3) is 0.133. The van der Waals surface area contributed by atoms with Gasteiger partial charge in [0.1, 0.15) is 5.75 Å². The van der Waals surface area contributed by atoms with E-state index in [-0.39, 0.29) is 12.3 Å². The van der Waals surface area contributed by atoms with Gasteiger partial charge in [0.25, 0.3) is 0 Å². The van der Waals surface area contributed by atoms with E-state index in [1.165, 1.54) is 0 Å². The van der Waals surface area contributed by atoms with Crippen LogP contribution in [0.4, 0.5) is 5.69 Å². The van der Waals surface area contributed by atoms with Gasteiger partial charge < -0.3 is 10.1 Å². The fourth-order valence-corrected chi connectivity index (χ4v) is 2.12. The summed E-state index contributed by atoms with van der Waals surface area (Å²) in [5.74, 6) is 0.494. The molecule has 5 heteroatoms. The average Bonchev–Trinajstić information content (AvgIpc) is 2.41. The van der Waals surface area contributed by atoms with E-state index in [1.54, 1.807) is 49.6 Å². The Balaban J connectivity index is 2.08. The van der Waals surface area contributed by atoms with Crippen molar-refractivity contribution in [1.82, 2.24) is 0 Å². The lowest BCUT2D eigenvalue weighted by molar-refractivity contribution is -0.115. The summed E-state index contributed by atoms with van der Waals surface area (Å²) in [7, 11) is 1.56. The largest absolute Gasteiger partial charge is 0.496 e. The second-order valence-corrected chi connectivity index (χ2v) is 5.06. The van der Waals surface area contributed by atoms with Crippen molar-refractivity contribution in [2.45, 2.75) is 6.42 Å². The number of nitrogens with one attached hydrogen (secondary N) is 1. The first-order chi connectivity index (χ1) is 9.58. The van der Waals surface area contributed by atoms with Crippen molar-refractivity contribution in [2.75, 3.05) is 12.4 Å². The standard InChI is InChI=1S/C15H13Cl2NO2/c1-20-14-7-4-12(17)8-10(14)9-15(19)18-13-5-2-11(16)3-6-13/h2-8H,9H2,1H3,(H,18,19). The van der Waals surface area contributed by atoms with Crippen LogP contribution in [0.25, 0.3) is 0 Å². The molecular formula is C15H13Cl2NO2. The number of rotatable bonds is 4. The molecule has 0 aromatic heterocycles. The molecule has 0 spiro atoms. The first kappa shape index (κ1) is 14.7. The Bertz CT molecular complexity index is 612. The normalized spacial score (nSPS) is 10.2. The molecule has 1 N–H and O–H groups in total. The molecule has 2 aromatic rings. The number of anilines is 1. The predicted molar refractivity (Wildman–Crippen MR) is 81.8 cm³/mol. The molecule has 0 radical (unpaired) electrons. The van der Waals surface area contributed by atoms with Gasteiger partial charge in [0.05, 0.1) is 13.5 Å². The van der Waals surface area contributed by atoms with E-state index < -0.39 is 0 Å². The first-order valence-electron chi connectivity index (χ1n) is 5.96. The molecule has 0 bridgehead atoms. The van der Waals surface area contributed by atoms with Crippen LogP contribution in [0.15, 0.2) is 42.5 Å². The van der Waals surface area contributed by atoms with Crippen LogP contribution in [0.3, 0.4) is 0 Å². The van der Waals surface area contributed by atoms with Crippen LogP contribution in [-0.4, -0.2) is 13.0 Å². The molecule has 0 aliphatic rings. The quantitative estimate of drug-likeness (QED) is 0.920. The number of benzene rings is 2. The second-order valence-electron chi connectivity index (χ2n) is 4.19. The number of carbonyl (C=O) groups excluding carboxylic acids is 1. The van der Waals surface area contributed by atoms with Crippen LogP contribution < -0.4 is 10.1 Å². The molecule has 2 aromatic carbocycles. The van der Waals surface area contributed by atoms with Crippen LogP contribution in [0, 0.1) is 0 Å². The summed E-state index contributed by atoms with van der Waals surface area (Å²) < 4.78 is 5.21. The van der Waals surface area contributed by atoms with Crippen molar-refractivity contribution in [3.63, 3.8) is 0 Å². The fourth-order valence-electron chi connectivity index (χ4n) is 1.80. The lowest BCUT2D eigenvalue weighted by Gasteiger charge is -2.09. The number of hydrogen-bond acceptors (Lipinski definition) is 2. The predicted octanol–water partition coefficient (Wildman–Crippen LogP) is 4.18. The van der Waals surface area contributed by atoms with Crippen molar-refractivity contribution >= 4 is 34.8 Å². The molecule has 1 amide bonds. The molecule has 0 saturated carbocycles. The zero-order valence-corrected chi connectivity index (χ0v) is 12.3. The van der Waals surface area contributed by atoms with Crippen molar-refractivity contribution < 1.29 is 9.53 Å². The molecule has 20 heavy (non-hydrogen) atoms. The van der Waals surface area contributed by atoms with Crippen molar-refractivity contribution in [1.29, 1.82) is 0 Å². The van der Waals surface area contributed by atoms with Crippen LogP contribution in [0.1, 0.15) is 5.56 Å². The van der Waals surface area contributed by atoms with Gasteiger partial charge in [-0.1, -0.05) is 23.2 Å². The number of ether oxygens (including phenoxy) is 1. The van der Waals surface area contributed by atoms with Crippen LogP contribution >= 0.6 is 23.2 Å². The Morgan fingerprint density at radius 1 is 1.10 bits per heavy atom. The van der Waals surface area contributed by atoms with Gasteiger partial charge in [-0.3, -0.25) is 4.79 Å². The first-order valence-corrected chi connectivity index (χ1v) is 6.72. The van der Waals surface area contributed by atoms with E-state index in [0.29, 0.717) is 21.5 Å². The van der Waals surface area contributed by atoms with Gasteiger partial charge in [0.15, 0.2) is 0 Å². The number of carbonyl (C=O) groups is 1. The molecule has 0 heterocycles. The highest BCUT2D eigenvalue weighted by atomic mass is 35.5. The summed E-state index contributed by atoms with van der Waals surface area (Å²) in [4.78, 5) is 12.0. The Morgan fingerprint density at radius 3 is 2.40 bits per heavy atom. The van der Waals surface area contributed by atoms with Gasteiger partial charge in [0, 0.05) is 21.3 Å². The third-order valence-electron chi connectivity index (χ3n) is 2.72. The van der Waals surface area contributed by atoms with Gasteiger partial charge >= 0.3 is 0 Å². The highest BCUT2D eigenvalue weighted by Crippen LogP contribution is 2.23. The molecular weight excluding hydrogens is 297 g/mol. The monoisotopic (exact) mass is 309 g/mol. The number of amides is 1. The van der Waals surface area contributed by atoms with Crippen LogP contribution in [0.2, 0.25) is 10.0 Å². The van der Waals surface area contributed by atoms with E-state index in [9.17, 15) is 4.79 Å². The lowest BCUT2D eigenvalue weighted by atomic mass is 10.1. The van der Waals surface area contributed by atoms with Gasteiger partial charge in [-0.05, 0) is 42.5 Å². The SMILES string of the molecule is COc1ccc(Cl)cc1CC(=O)Nc1ccc(Cl)cc1. The zero-order chi connectivity index (χ0) is 14.5. The molecule has 0 unspecified atom stereocenters. The maximum absolute atomic E-state index is 12.0.